The number of hydrogen-bond donors (Lipinski definition) is 1. The van der Waals surface area contributed by atoms with Crippen molar-refractivity contribution in [3.05, 3.63) is 48.5 Å². The van der Waals surface area contributed by atoms with Crippen LogP contribution in [-0.4, -0.2) is 43.2 Å². The van der Waals surface area contributed by atoms with Crippen molar-refractivity contribution in [2.24, 2.45) is 5.92 Å². The van der Waals surface area contributed by atoms with Crippen molar-refractivity contribution in [1.82, 2.24) is 10.3 Å². The van der Waals surface area contributed by atoms with Gasteiger partial charge in [0.2, 0.25) is 5.91 Å². The van der Waals surface area contributed by atoms with Gasteiger partial charge in [0.1, 0.15) is 18.2 Å². The number of rotatable bonds is 4. The lowest BCUT2D eigenvalue weighted by Crippen LogP contribution is -2.45. The van der Waals surface area contributed by atoms with E-state index in [1.54, 1.807) is 0 Å². The summed E-state index contributed by atoms with van der Waals surface area (Å²) in [7, 11) is 0. The molecule has 1 N–H and O–H groups in total. The highest BCUT2D eigenvalue weighted by atomic mass is 16.6. The normalized spacial score (nSPS) is 19.3. The van der Waals surface area contributed by atoms with E-state index in [1.807, 2.05) is 48.5 Å². The van der Waals surface area contributed by atoms with E-state index in [0.29, 0.717) is 19.2 Å². The van der Waals surface area contributed by atoms with E-state index >= 15 is 0 Å². The van der Waals surface area contributed by atoms with Gasteiger partial charge in [-0.15, -0.1) is 0 Å². The smallest absolute Gasteiger partial charge is 0.298 e. The average molecular weight is 393 g/mol. The second-order valence-electron chi connectivity index (χ2n) is 7.47. The van der Waals surface area contributed by atoms with E-state index in [-0.39, 0.29) is 17.9 Å². The van der Waals surface area contributed by atoms with Gasteiger partial charge in [0.25, 0.3) is 6.01 Å². The predicted molar refractivity (Wildman–Crippen MR) is 108 cm³/mol. The minimum Gasteiger partial charge on any atom is -0.486 e. The Morgan fingerprint density at radius 2 is 1.83 bits per heavy atom. The monoisotopic (exact) mass is 393 g/mol. The third-order valence-corrected chi connectivity index (χ3v) is 5.49. The molecule has 5 rings (SSSR count). The van der Waals surface area contributed by atoms with Crippen LogP contribution < -0.4 is 19.7 Å². The SMILES string of the molecule is O=C(NC[C@@H]1COc2ccccc2O1)C1CCN(c2nc3ccccc3o2)CC1. The summed E-state index contributed by atoms with van der Waals surface area (Å²) in [4.78, 5) is 19.3. The molecule has 2 aliphatic rings. The van der Waals surface area contributed by atoms with E-state index in [4.69, 9.17) is 13.9 Å². The van der Waals surface area contributed by atoms with Gasteiger partial charge in [-0.05, 0) is 37.1 Å². The van der Waals surface area contributed by atoms with Gasteiger partial charge in [-0.2, -0.15) is 4.98 Å². The highest BCUT2D eigenvalue weighted by Gasteiger charge is 2.28. The largest absolute Gasteiger partial charge is 0.486 e. The van der Waals surface area contributed by atoms with Crippen LogP contribution in [0.5, 0.6) is 11.5 Å². The van der Waals surface area contributed by atoms with Gasteiger partial charge in [0, 0.05) is 19.0 Å². The number of amides is 1. The molecule has 7 nitrogen and oxygen atoms in total. The van der Waals surface area contributed by atoms with Crippen LogP contribution in [0.1, 0.15) is 12.8 Å². The van der Waals surface area contributed by atoms with Gasteiger partial charge in [-0.1, -0.05) is 24.3 Å². The molecule has 1 amide bonds. The number of piperidine rings is 1. The Labute approximate surface area is 168 Å². The average Bonchev–Trinajstić information content (AvgIpc) is 3.22. The highest BCUT2D eigenvalue weighted by molar-refractivity contribution is 5.79. The number of carbonyl (C=O) groups is 1. The Balaban J connectivity index is 1.12. The molecule has 1 fully saturated rings. The standard InChI is InChI=1S/C22H23N3O4/c26-21(23-13-16-14-27-19-7-3-4-8-20(19)28-16)15-9-11-25(12-10-15)22-24-17-5-1-2-6-18(17)29-22/h1-8,15-16H,9-14H2,(H,23,26)/t16-/m1/s1. The van der Waals surface area contributed by atoms with Gasteiger partial charge in [0.15, 0.2) is 17.1 Å². The number of para-hydroxylation sites is 4. The van der Waals surface area contributed by atoms with Crippen molar-refractivity contribution in [3.8, 4) is 11.5 Å². The Hall–Kier alpha value is -3.22. The maximum atomic E-state index is 12.6. The lowest BCUT2D eigenvalue weighted by molar-refractivity contribution is -0.126. The van der Waals surface area contributed by atoms with Crippen molar-refractivity contribution in [2.75, 3.05) is 31.1 Å². The molecule has 1 atom stereocenters. The number of benzene rings is 2. The second-order valence-corrected chi connectivity index (χ2v) is 7.47. The van der Waals surface area contributed by atoms with Crippen LogP contribution in [0.25, 0.3) is 11.1 Å². The van der Waals surface area contributed by atoms with Gasteiger partial charge >= 0.3 is 0 Å². The number of anilines is 1. The maximum Gasteiger partial charge on any atom is 0.298 e. The number of nitrogens with one attached hydrogen (secondary N) is 1. The first-order valence-corrected chi connectivity index (χ1v) is 10.0. The number of oxazole rings is 1. The van der Waals surface area contributed by atoms with Crippen molar-refractivity contribution in [2.45, 2.75) is 18.9 Å². The summed E-state index contributed by atoms with van der Waals surface area (Å²) in [5, 5.41) is 3.03. The molecule has 3 heterocycles. The summed E-state index contributed by atoms with van der Waals surface area (Å²) in [5.41, 5.74) is 1.65. The van der Waals surface area contributed by atoms with Crippen molar-refractivity contribution in [1.29, 1.82) is 0 Å². The fourth-order valence-corrected chi connectivity index (χ4v) is 3.85. The second kappa shape index (κ2) is 7.66. The van der Waals surface area contributed by atoms with Crippen LogP contribution >= 0.6 is 0 Å². The van der Waals surface area contributed by atoms with Crippen LogP contribution in [0.4, 0.5) is 6.01 Å². The molecule has 0 saturated carbocycles. The fourth-order valence-electron chi connectivity index (χ4n) is 3.85. The Morgan fingerprint density at radius 1 is 1.07 bits per heavy atom. The van der Waals surface area contributed by atoms with Crippen LogP contribution in [-0.2, 0) is 4.79 Å². The summed E-state index contributed by atoms with van der Waals surface area (Å²) in [6.45, 7) is 2.38. The molecular weight excluding hydrogens is 370 g/mol. The van der Waals surface area contributed by atoms with Crippen LogP contribution in [0.15, 0.2) is 52.9 Å². The highest BCUT2D eigenvalue weighted by Crippen LogP contribution is 2.31. The number of hydrogen-bond acceptors (Lipinski definition) is 6. The van der Waals surface area contributed by atoms with Crippen LogP contribution in [0.3, 0.4) is 0 Å². The molecule has 1 aromatic heterocycles. The van der Waals surface area contributed by atoms with E-state index < -0.39 is 0 Å². The first-order chi connectivity index (χ1) is 14.3. The summed E-state index contributed by atoms with van der Waals surface area (Å²) < 4.78 is 17.4. The molecule has 150 valence electrons. The molecule has 0 bridgehead atoms. The molecule has 29 heavy (non-hydrogen) atoms. The molecule has 2 aliphatic heterocycles. The van der Waals surface area contributed by atoms with Gasteiger partial charge in [-0.25, -0.2) is 0 Å². The Bertz CT molecular complexity index is 977. The minimum atomic E-state index is -0.173. The third-order valence-electron chi connectivity index (χ3n) is 5.49. The topological polar surface area (TPSA) is 76.8 Å². The van der Waals surface area contributed by atoms with Gasteiger partial charge < -0.3 is 24.1 Å². The predicted octanol–water partition coefficient (Wildman–Crippen LogP) is 3.00. The first kappa shape index (κ1) is 17.8. The number of carbonyl (C=O) groups excluding carboxylic acids is 1. The molecule has 0 radical (unpaired) electrons. The summed E-state index contributed by atoms with van der Waals surface area (Å²) in [6, 6.07) is 16.0. The Kier molecular flexibility index (Phi) is 4.71. The van der Waals surface area contributed by atoms with Crippen molar-refractivity contribution in [3.63, 3.8) is 0 Å². The zero-order chi connectivity index (χ0) is 19.6. The van der Waals surface area contributed by atoms with Crippen LogP contribution in [0.2, 0.25) is 0 Å². The maximum absolute atomic E-state index is 12.6. The lowest BCUT2D eigenvalue weighted by atomic mass is 9.96. The summed E-state index contributed by atoms with van der Waals surface area (Å²) in [6.07, 6.45) is 1.37. The first-order valence-electron chi connectivity index (χ1n) is 10.0. The van der Waals surface area contributed by atoms with E-state index in [1.165, 1.54) is 0 Å². The van der Waals surface area contributed by atoms with Crippen molar-refractivity contribution >= 4 is 23.0 Å². The van der Waals surface area contributed by atoms with Crippen LogP contribution in [0, 0.1) is 5.92 Å². The molecular formula is C22H23N3O4. The third kappa shape index (κ3) is 3.72. The number of aromatic nitrogens is 1. The quantitative estimate of drug-likeness (QED) is 0.734. The molecule has 0 unspecified atom stereocenters. The molecule has 3 aromatic rings. The van der Waals surface area contributed by atoms with Gasteiger partial charge in [0.05, 0.1) is 6.54 Å². The number of nitrogens with zero attached hydrogens (tertiary/aromatic N) is 2. The summed E-state index contributed by atoms with van der Waals surface area (Å²) >= 11 is 0. The Morgan fingerprint density at radius 3 is 2.66 bits per heavy atom. The zero-order valence-electron chi connectivity index (χ0n) is 16.0. The molecule has 0 aliphatic carbocycles. The minimum absolute atomic E-state index is 0.00702. The molecule has 0 spiro atoms. The van der Waals surface area contributed by atoms with Crippen molar-refractivity contribution < 1.29 is 18.7 Å². The summed E-state index contributed by atoms with van der Waals surface area (Å²) in [5.74, 6) is 1.54. The van der Waals surface area contributed by atoms with Gasteiger partial charge in [-0.3, -0.25) is 4.79 Å². The number of fused-ring (bicyclic) bond motifs is 2. The van der Waals surface area contributed by atoms with E-state index in [2.05, 4.69) is 15.2 Å². The molecule has 2 aromatic carbocycles. The van der Waals surface area contributed by atoms with E-state index in [9.17, 15) is 4.79 Å². The zero-order valence-corrected chi connectivity index (χ0v) is 16.0. The fraction of sp³-hybridized carbons (Fsp3) is 0.364. The van der Waals surface area contributed by atoms with E-state index in [0.717, 1.165) is 48.5 Å². The molecule has 1 saturated heterocycles. The lowest BCUT2D eigenvalue weighted by Gasteiger charge is -2.31. The molecule has 7 heteroatoms. The number of ether oxygens (including phenoxy) is 2.